The number of rotatable bonds is 5. The van der Waals surface area contributed by atoms with Crippen molar-refractivity contribution in [2.45, 2.75) is 32.1 Å². The first-order valence-electron chi connectivity index (χ1n) is 6.56. The molecule has 0 radical (unpaired) electrons. The third-order valence-electron chi connectivity index (χ3n) is 2.85. The van der Waals surface area contributed by atoms with E-state index in [4.69, 9.17) is 4.74 Å². The summed E-state index contributed by atoms with van der Waals surface area (Å²) >= 11 is 2.98. The van der Waals surface area contributed by atoms with Crippen molar-refractivity contribution >= 4 is 28.4 Å². The van der Waals surface area contributed by atoms with Crippen LogP contribution in [0.25, 0.3) is 0 Å². The molecule has 0 fully saturated rings. The molecule has 0 bridgehead atoms. The predicted octanol–water partition coefficient (Wildman–Crippen LogP) is 5.44. The largest absolute Gasteiger partial charge is 0.453 e. The molecule has 4 heteroatoms. The normalized spacial score (nSPS) is 10.8. The van der Waals surface area contributed by atoms with Crippen LogP contribution < -0.4 is 0 Å². The second-order valence-corrected chi connectivity index (χ2v) is 6.64. The molecule has 106 valence electrons. The molecule has 2 nitrogen and oxygen atoms in total. The van der Waals surface area contributed by atoms with Crippen LogP contribution in [0.5, 0.6) is 0 Å². The third kappa shape index (κ3) is 4.39. The monoisotopic (exact) mass is 306 g/mol. The fourth-order valence-corrected chi connectivity index (χ4v) is 3.57. The van der Waals surface area contributed by atoms with Crippen LogP contribution in [0.3, 0.4) is 0 Å². The SMILES string of the molecule is CC(C)c1sccc1CSC(=O)OCc1ccccc1. The van der Waals surface area contributed by atoms with Gasteiger partial charge in [-0.3, -0.25) is 0 Å². The van der Waals surface area contributed by atoms with Gasteiger partial charge in [0.25, 0.3) is 0 Å². The first kappa shape index (κ1) is 15.1. The second-order valence-electron chi connectivity index (χ2n) is 4.78. The van der Waals surface area contributed by atoms with Gasteiger partial charge < -0.3 is 4.74 Å². The lowest BCUT2D eigenvalue weighted by Gasteiger charge is -2.07. The van der Waals surface area contributed by atoms with E-state index in [1.807, 2.05) is 30.3 Å². The van der Waals surface area contributed by atoms with E-state index in [9.17, 15) is 4.79 Å². The van der Waals surface area contributed by atoms with Crippen molar-refractivity contribution in [2.24, 2.45) is 0 Å². The summed E-state index contributed by atoms with van der Waals surface area (Å²) in [6.07, 6.45) is 0. The van der Waals surface area contributed by atoms with Crippen molar-refractivity contribution in [3.8, 4) is 0 Å². The molecule has 0 unspecified atom stereocenters. The molecule has 0 N–H and O–H groups in total. The van der Waals surface area contributed by atoms with E-state index in [2.05, 4.69) is 25.3 Å². The molecule has 0 aliphatic rings. The summed E-state index contributed by atoms with van der Waals surface area (Å²) in [5.41, 5.74) is 2.26. The summed E-state index contributed by atoms with van der Waals surface area (Å²) in [6, 6.07) is 11.8. The average Bonchev–Trinajstić information content (AvgIpc) is 2.92. The fourth-order valence-electron chi connectivity index (χ4n) is 1.87. The molecule has 0 spiro atoms. The molecule has 2 rings (SSSR count). The molecule has 0 atom stereocenters. The zero-order valence-corrected chi connectivity index (χ0v) is 13.3. The molecule has 1 aromatic heterocycles. The Hall–Kier alpha value is -1.26. The van der Waals surface area contributed by atoms with Gasteiger partial charge >= 0.3 is 5.30 Å². The molecule has 0 amide bonds. The molecule has 0 saturated carbocycles. The highest BCUT2D eigenvalue weighted by atomic mass is 32.2. The van der Waals surface area contributed by atoms with Crippen LogP contribution in [-0.4, -0.2) is 5.30 Å². The van der Waals surface area contributed by atoms with E-state index < -0.39 is 0 Å². The Labute approximate surface area is 128 Å². The van der Waals surface area contributed by atoms with Gasteiger partial charge in [0.2, 0.25) is 0 Å². The number of carbonyl (C=O) groups excluding carboxylic acids is 1. The Morgan fingerprint density at radius 3 is 2.70 bits per heavy atom. The Kier molecular flexibility index (Phi) is 5.68. The van der Waals surface area contributed by atoms with Gasteiger partial charge in [-0.2, -0.15) is 0 Å². The highest BCUT2D eigenvalue weighted by Gasteiger charge is 2.11. The van der Waals surface area contributed by atoms with Crippen LogP contribution in [-0.2, 0) is 17.1 Å². The maximum atomic E-state index is 11.7. The lowest BCUT2D eigenvalue weighted by atomic mass is 10.1. The zero-order chi connectivity index (χ0) is 14.4. The van der Waals surface area contributed by atoms with Gasteiger partial charge in [0.05, 0.1) is 0 Å². The predicted molar refractivity (Wildman–Crippen MR) is 86.3 cm³/mol. The van der Waals surface area contributed by atoms with Crippen molar-refractivity contribution in [3.05, 3.63) is 57.8 Å². The maximum absolute atomic E-state index is 11.7. The Morgan fingerprint density at radius 1 is 1.25 bits per heavy atom. The zero-order valence-electron chi connectivity index (χ0n) is 11.7. The summed E-state index contributed by atoms with van der Waals surface area (Å²) < 4.78 is 5.25. The smallest absolute Gasteiger partial charge is 0.367 e. The minimum atomic E-state index is -0.213. The van der Waals surface area contributed by atoms with E-state index in [1.54, 1.807) is 11.3 Å². The summed E-state index contributed by atoms with van der Waals surface area (Å²) in [5.74, 6) is 1.19. The number of hydrogen-bond acceptors (Lipinski definition) is 4. The van der Waals surface area contributed by atoms with Crippen LogP contribution in [0.15, 0.2) is 41.8 Å². The van der Waals surface area contributed by atoms with Gasteiger partial charge in [-0.05, 0) is 40.3 Å². The lowest BCUT2D eigenvalue weighted by molar-refractivity contribution is 0.168. The lowest BCUT2D eigenvalue weighted by Crippen LogP contribution is -1.99. The maximum Gasteiger partial charge on any atom is 0.367 e. The summed E-state index contributed by atoms with van der Waals surface area (Å²) in [4.78, 5) is 13.1. The van der Waals surface area contributed by atoms with Crippen molar-refractivity contribution in [1.29, 1.82) is 0 Å². The molecule has 20 heavy (non-hydrogen) atoms. The standard InChI is InChI=1S/C16H18O2S2/c1-12(2)15-14(8-9-19-15)11-20-16(17)18-10-13-6-4-3-5-7-13/h3-9,12H,10-11H2,1-2H3. The Bertz CT molecular complexity index is 547. The van der Waals surface area contributed by atoms with E-state index in [-0.39, 0.29) is 5.30 Å². The van der Waals surface area contributed by atoms with Gasteiger partial charge in [0.1, 0.15) is 6.61 Å². The van der Waals surface area contributed by atoms with Crippen molar-refractivity contribution in [1.82, 2.24) is 0 Å². The highest BCUT2D eigenvalue weighted by Crippen LogP contribution is 2.29. The Morgan fingerprint density at radius 2 is 2.00 bits per heavy atom. The van der Waals surface area contributed by atoms with Gasteiger partial charge in [0.15, 0.2) is 0 Å². The summed E-state index contributed by atoms with van der Waals surface area (Å²) in [6.45, 7) is 4.69. The summed E-state index contributed by atoms with van der Waals surface area (Å²) in [7, 11) is 0. The topological polar surface area (TPSA) is 26.3 Å². The minimum Gasteiger partial charge on any atom is -0.453 e. The molecule has 0 saturated heterocycles. The number of benzene rings is 1. The highest BCUT2D eigenvalue weighted by molar-refractivity contribution is 8.12. The molecule has 0 aliphatic heterocycles. The van der Waals surface area contributed by atoms with Crippen molar-refractivity contribution in [3.63, 3.8) is 0 Å². The van der Waals surface area contributed by atoms with Crippen molar-refractivity contribution in [2.75, 3.05) is 0 Å². The van der Waals surface area contributed by atoms with E-state index >= 15 is 0 Å². The minimum absolute atomic E-state index is 0.213. The number of carbonyl (C=O) groups is 1. The van der Waals surface area contributed by atoms with Crippen molar-refractivity contribution < 1.29 is 9.53 Å². The average molecular weight is 306 g/mol. The van der Waals surface area contributed by atoms with Crippen LogP contribution in [0.2, 0.25) is 0 Å². The molecular weight excluding hydrogens is 288 g/mol. The van der Waals surface area contributed by atoms with E-state index in [1.165, 1.54) is 22.2 Å². The molecule has 1 heterocycles. The number of thiophene rings is 1. The Balaban J connectivity index is 1.79. The molecule has 0 aliphatic carbocycles. The first-order chi connectivity index (χ1) is 9.66. The first-order valence-corrected chi connectivity index (χ1v) is 8.43. The number of thioether (sulfide) groups is 1. The van der Waals surface area contributed by atoms with Crippen LogP contribution in [0.4, 0.5) is 4.79 Å². The van der Waals surface area contributed by atoms with E-state index in [0.717, 1.165) is 5.56 Å². The van der Waals surface area contributed by atoms with Gasteiger partial charge in [-0.15, -0.1) is 11.3 Å². The van der Waals surface area contributed by atoms with Crippen LogP contribution >= 0.6 is 23.1 Å². The van der Waals surface area contributed by atoms with Crippen LogP contribution in [0.1, 0.15) is 35.8 Å². The fraction of sp³-hybridized carbons (Fsp3) is 0.312. The third-order valence-corrected chi connectivity index (χ3v) is 4.92. The quantitative estimate of drug-likeness (QED) is 0.688. The molecule has 2 aromatic rings. The van der Waals surface area contributed by atoms with Gasteiger partial charge in [0, 0.05) is 10.6 Å². The summed E-state index contributed by atoms with van der Waals surface area (Å²) in [5, 5.41) is 1.87. The van der Waals surface area contributed by atoms with Crippen LogP contribution in [0, 0.1) is 0 Å². The van der Waals surface area contributed by atoms with E-state index in [0.29, 0.717) is 18.3 Å². The molecule has 1 aromatic carbocycles. The van der Waals surface area contributed by atoms with Gasteiger partial charge in [-0.1, -0.05) is 44.2 Å². The molecular formula is C16H18O2S2. The second kappa shape index (κ2) is 7.50. The number of hydrogen-bond donors (Lipinski definition) is 0. The van der Waals surface area contributed by atoms with Gasteiger partial charge in [-0.25, -0.2) is 4.79 Å². The number of ether oxygens (including phenoxy) is 1.